The van der Waals surface area contributed by atoms with E-state index in [1.807, 2.05) is 32.0 Å². The molecule has 22 heavy (non-hydrogen) atoms. The zero-order valence-electron chi connectivity index (χ0n) is 12.1. The van der Waals surface area contributed by atoms with E-state index in [0.717, 1.165) is 15.9 Å². The molecule has 3 rings (SSSR count). The largest absolute Gasteiger partial charge is 0.360 e. The fourth-order valence-corrected chi connectivity index (χ4v) is 2.50. The summed E-state index contributed by atoms with van der Waals surface area (Å²) in [6.45, 7) is 3.88. The molecule has 0 spiro atoms. The molecule has 2 aromatic heterocycles. The van der Waals surface area contributed by atoms with Gasteiger partial charge in [-0.25, -0.2) is 9.97 Å². The van der Waals surface area contributed by atoms with E-state index in [1.165, 1.54) is 11.9 Å². The molecule has 0 bridgehead atoms. The Labute approximate surface area is 136 Å². The minimum Gasteiger partial charge on any atom is -0.360 e. The maximum atomic E-state index is 5.01. The van der Waals surface area contributed by atoms with Crippen molar-refractivity contribution in [3.63, 3.8) is 0 Å². The first kappa shape index (κ1) is 14.5. The molecule has 6 nitrogen and oxygen atoms in total. The molecule has 0 aliphatic carbocycles. The van der Waals surface area contributed by atoms with Crippen LogP contribution in [-0.4, -0.2) is 15.1 Å². The summed E-state index contributed by atoms with van der Waals surface area (Å²) in [7, 11) is 0. The van der Waals surface area contributed by atoms with Crippen molar-refractivity contribution in [3.8, 4) is 0 Å². The minimum atomic E-state index is 0.610. The van der Waals surface area contributed by atoms with Crippen LogP contribution in [0.2, 0.25) is 0 Å². The van der Waals surface area contributed by atoms with Gasteiger partial charge in [0.1, 0.15) is 23.7 Å². The molecule has 0 saturated heterocycles. The number of halogens is 1. The van der Waals surface area contributed by atoms with Crippen LogP contribution in [0.25, 0.3) is 0 Å². The van der Waals surface area contributed by atoms with Crippen molar-refractivity contribution >= 4 is 39.1 Å². The Morgan fingerprint density at radius 2 is 1.73 bits per heavy atom. The summed E-state index contributed by atoms with van der Waals surface area (Å²) in [5.41, 5.74) is 2.12. The second kappa shape index (κ2) is 6.15. The summed E-state index contributed by atoms with van der Waals surface area (Å²) in [5, 5.41) is 10.2. The summed E-state index contributed by atoms with van der Waals surface area (Å²) < 4.78 is 5.99. The molecule has 2 heterocycles. The Balaban J connectivity index is 1.78. The van der Waals surface area contributed by atoms with E-state index < -0.39 is 0 Å². The molecule has 0 aliphatic heterocycles. The maximum Gasteiger partial charge on any atom is 0.175 e. The molecule has 0 atom stereocenters. The fraction of sp³-hybridized carbons (Fsp3) is 0.133. The lowest BCUT2D eigenvalue weighted by Gasteiger charge is -2.09. The van der Waals surface area contributed by atoms with E-state index in [0.29, 0.717) is 17.5 Å². The molecule has 0 saturated carbocycles. The van der Waals surface area contributed by atoms with Crippen LogP contribution in [0.3, 0.4) is 0 Å². The van der Waals surface area contributed by atoms with E-state index in [-0.39, 0.29) is 0 Å². The molecule has 7 heteroatoms. The zero-order chi connectivity index (χ0) is 15.5. The third-order valence-corrected chi connectivity index (χ3v) is 3.59. The van der Waals surface area contributed by atoms with E-state index in [9.17, 15) is 0 Å². The van der Waals surface area contributed by atoms with Crippen LogP contribution in [0.1, 0.15) is 11.3 Å². The number of hydrogen-bond donors (Lipinski definition) is 2. The highest BCUT2D eigenvalue weighted by molar-refractivity contribution is 9.10. The van der Waals surface area contributed by atoms with Gasteiger partial charge in [-0.3, -0.25) is 0 Å². The van der Waals surface area contributed by atoms with Crippen LogP contribution in [-0.2, 0) is 0 Å². The van der Waals surface area contributed by atoms with Crippen molar-refractivity contribution in [2.24, 2.45) is 0 Å². The van der Waals surface area contributed by atoms with Crippen molar-refractivity contribution in [1.82, 2.24) is 15.1 Å². The van der Waals surface area contributed by atoms with Gasteiger partial charge < -0.3 is 15.2 Å². The van der Waals surface area contributed by atoms with Crippen LogP contribution in [0.4, 0.5) is 23.1 Å². The van der Waals surface area contributed by atoms with Gasteiger partial charge >= 0.3 is 0 Å². The third kappa shape index (κ3) is 3.43. The van der Waals surface area contributed by atoms with Crippen LogP contribution < -0.4 is 10.6 Å². The van der Waals surface area contributed by atoms with Crippen molar-refractivity contribution < 1.29 is 4.52 Å². The summed E-state index contributed by atoms with van der Waals surface area (Å²) >= 11 is 3.54. The summed E-state index contributed by atoms with van der Waals surface area (Å²) in [6.07, 6.45) is 1.49. The van der Waals surface area contributed by atoms with Crippen molar-refractivity contribution in [2.75, 3.05) is 10.6 Å². The van der Waals surface area contributed by atoms with E-state index in [4.69, 9.17) is 4.52 Å². The Kier molecular flexibility index (Phi) is 4.06. The van der Waals surface area contributed by atoms with Gasteiger partial charge in [0.2, 0.25) is 0 Å². The highest BCUT2D eigenvalue weighted by Crippen LogP contribution is 2.26. The number of nitrogens with zero attached hydrogens (tertiary/aromatic N) is 3. The van der Waals surface area contributed by atoms with Crippen molar-refractivity contribution in [1.29, 1.82) is 0 Å². The predicted octanol–water partition coefficient (Wildman–Crippen LogP) is 4.33. The quantitative estimate of drug-likeness (QED) is 0.721. The van der Waals surface area contributed by atoms with Crippen LogP contribution in [0, 0.1) is 13.8 Å². The topological polar surface area (TPSA) is 75.9 Å². The Hall–Kier alpha value is -2.41. The second-order valence-corrected chi connectivity index (χ2v) is 5.70. The lowest BCUT2D eigenvalue weighted by Crippen LogP contribution is -1.99. The number of aryl methyl sites for hydroxylation is 2. The minimum absolute atomic E-state index is 0.610. The summed E-state index contributed by atoms with van der Waals surface area (Å²) in [5.74, 6) is 2.66. The van der Waals surface area contributed by atoms with Crippen LogP contribution in [0.15, 0.2) is 45.7 Å². The molecular weight excluding hydrogens is 346 g/mol. The number of aromatic nitrogens is 3. The first-order valence-corrected chi connectivity index (χ1v) is 7.45. The normalized spacial score (nSPS) is 10.5. The predicted molar refractivity (Wildman–Crippen MR) is 88.7 cm³/mol. The van der Waals surface area contributed by atoms with Crippen LogP contribution >= 0.6 is 15.9 Å². The molecule has 2 N–H and O–H groups in total. The average Bonchev–Trinajstić information content (AvgIpc) is 2.88. The van der Waals surface area contributed by atoms with E-state index >= 15 is 0 Å². The summed E-state index contributed by atoms with van der Waals surface area (Å²) in [6, 6.07) is 9.67. The van der Waals surface area contributed by atoms with Gasteiger partial charge in [-0.1, -0.05) is 11.2 Å². The zero-order valence-corrected chi connectivity index (χ0v) is 13.7. The number of rotatable bonds is 4. The number of anilines is 4. The SMILES string of the molecule is Cc1ccc(Nc2cc(Nc3cc(C)on3)ncn2)c(Br)c1. The van der Waals surface area contributed by atoms with Gasteiger partial charge in [0, 0.05) is 16.6 Å². The van der Waals surface area contributed by atoms with Gasteiger partial charge in [0.05, 0.1) is 5.69 Å². The first-order valence-electron chi connectivity index (χ1n) is 6.66. The Morgan fingerprint density at radius 1 is 0.955 bits per heavy atom. The number of benzene rings is 1. The Morgan fingerprint density at radius 3 is 2.41 bits per heavy atom. The average molecular weight is 360 g/mol. The molecular formula is C15H14BrN5O. The monoisotopic (exact) mass is 359 g/mol. The lowest BCUT2D eigenvalue weighted by molar-refractivity contribution is 0.400. The lowest BCUT2D eigenvalue weighted by atomic mass is 10.2. The van der Waals surface area contributed by atoms with Gasteiger partial charge in [-0.15, -0.1) is 0 Å². The Bertz CT molecular complexity index is 802. The standard InChI is InChI=1S/C15H14BrN5O/c1-9-3-4-12(11(16)5-9)19-13-7-14(18-8-17-13)20-15-6-10(2)22-21-15/h3-8H,1-2H3,(H2,17,18,19,20,21). The summed E-state index contributed by atoms with van der Waals surface area (Å²) in [4.78, 5) is 8.38. The molecule has 0 radical (unpaired) electrons. The maximum absolute atomic E-state index is 5.01. The third-order valence-electron chi connectivity index (χ3n) is 2.94. The molecule has 0 aliphatic rings. The van der Waals surface area contributed by atoms with Gasteiger partial charge in [0.25, 0.3) is 0 Å². The molecule has 0 unspecified atom stereocenters. The van der Waals surface area contributed by atoms with Crippen molar-refractivity contribution in [2.45, 2.75) is 13.8 Å². The second-order valence-electron chi connectivity index (χ2n) is 4.84. The molecule has 0 fully saturated rings. The highest BCUT2D eigenvalue weighted by atomic mass is 79.9. The first-order chi connectivity index (χ1) is 10.6. The van der Waals surface area contributed by atoms with Crippen molar-refractivity contribution in [3.05, 3.63) is 52.5 Å². The molecule has 0 amide bonds. The van der Waals surface area contributed by atoms with E-state index in [2.05, 4.69) is 41.7 Å². The highest BCUT2D eigenvalue weighted by Gasteiger charge is 2.05. The molecule has 112 valence electrons. The van der Waals surface area contributed by atoms with Gasteiger partial charge in [0.15, 0.2) is 5.82 Å². The fourth-order valence-electron chi connectivity index (χ4n) is 1.91. The molecule has 1 aromatic carbocycles. The molecule has 3 aromatic rings. The van der Waals surface area contributed by atoms with Gasteiger partial charge in [-0.2, -0.15) is 0 Å². The van der Waals surface area contributed by atoms with Crippen LogP contribution in [0.5, 0.6) is 0 Å². The smallest absolute Gasteiger partial charge is 0.175 e. The number of nitrogens with one attached hydrogen (secondary N) is 2. The van der Waals surface area contributed by atoms with E-state index in [1.54, 1.807) is 12.1 Å². The number of hydrogen-bond acceptors (Lipinski definition) is 6. The van der Waals surface area contributed by atoms with Gasteiger partial charge in [-0.05, 0) is 47.5 Å².